The fraction of sp³-hybridized carbons (Fsp3) is 0.462. The molecule has 0 saturated carbocycles. The first-order valence-corrected chi connectivity index (χ1v) is 6.17. The molecule has 16 heavy (non-hydrogen) atoms. The third-order valence-electron chi connectivity index (χ3n) is 2.65. The number of nitrogens with one attached hydrogen (secondary N) is 1. The lowest BCUT2D eigenvalue weighted by Gasteiger charge is -2.14. The summed E-state index contributed by atoms with van der Waals surface area (Å²) in [7, 11) is 0. The lowest BCUT2D eigenvalue weighted by Crippen LogP contribution is -2.34. The number of carbonyl (C=O) groups is 1. The Morgan fingerprint density at radius 1 is 1.25 bits per heavy atom. The molecule has 2 nitrogen and oxygen atoms in total. The third kappa shape index (κ3) is 4.27. The molecule has 0 unspecified atom stereocenters. The van der Waals surface area contributed by atoms with Crippen LogP contribution in [-0.4, -0.2) is 11.9 Å². The van der Waals surface area contributed by atoms with Gasteiger partial charge in [-0.2, -0.15) is 0 Å². The van der Waals surface area contributed by atoms with Gasteiger partial charge in [0.2, 0.25) is 5.91 Å². The average Bonchev–Trinajstić information content (AvgIpc) is 2.29. The van der Waals surface area contributed by atoms with Gasteiger partial charge in [-0.05, 0) is 30.5 Å². The minimum absolute atomic E-state index is 0.0978. The third-order valence-corrected chi connectivity index (χ3v) is 2.95. The number of hydrogen-bond acceptors (Lipinski definition) is 2. The summed E-state index contributed by atoms with van der Waals surface area (Å²) in [6, 6.07) is 7.99. The van der Waals surface area contributed by atoms with Gasteiger partial charge in [0.1, 0.15) is 0 Å². The van der Waals surface area contributed by atoms with E-state index in [2.05, 4.69) is 31.8 Å². The van der Waals surface area contributed by atoms with E-state index >= 15 is 0 Å². The van der Waals surface area contributed by atoms with E-state index in [4.69, 9.17) is 0 Å². The van der Waals surface area contributed by atoms with E-state index in [-0.39, 0.29) is 5.91 Å². The van der Waals surface area contributed by atoms with Gasteiger partial charge >= 0.3 is 0 Å². The summed E-state index contributed by atoms with van der Waals surface area (Å²) in [4.78, 5) is 12.6. The Labute approximate surface area is 103 Å². The summed E-state index contributed by atoms with van der Waals surface area (Å²) in [5.41, 5.74) is 1.03. The molecule has 3 heteroatoms. The Morgan fingerprint density at radius 2 is 1.81 bits per heavy atom. The van der Waals surface area contributed by atoms with Gasteiger partial charge in [-0.15, -0.1) is 12.6 Å². The highest BCUT2D eigenvalue weighted by Crippen LogP contribution is 2.08. The summed E-state index contributed by atoms with van der Waals surface area (Å²) in [5, 5.41) is 3.02. The van der Waals surface area contributed by atoms with Gasteiger partial charge in [-0.25, -0.2) is 0 Å². The largest absolute Gasteiger partial charge is 0.353 e. The van der Waals surface area contributed by atoms with Crippen LogP contribution in [0.5, 0.6) is 0 Å². The number of amides is 1. The summed E-state index contributed by atoms with van der Waals surface area (Å²) >= 11 is 4.21. The molecule has 1 aromatic carbocycles. The molecule has 0 aliphatic heterocycles. The molecule has 0 heterocycles. The minimum atomic E-state index is 0.0978. The second kappa shape index (κ2) is 6.59. The average molecular weight is 237 g/mol. The van der Waals surface area contributed by atoms with Crippen molar-refractivity contribution < 1.29 is 4.79 Å². The molecule has 0 fully saturated rings. The Morgan fingerprint density at radius 3 is 2.31 bits per heavy atom. The fourth-order valence-electron chi connectivity index (χ4n) is 1.57. The molecular weight excluding hydrogens is 218 g/mol. The van der Waals surface area contributed by atoms with E-state index in [0.717, 1.165) is 23.3 Å². The number of rotatable bonds is 5. The lowest BCUT2D eigenvalue weighted by atomic mass is 10.1. The van der Waals surface area contributed by atoms with Crippen LogP contribution in [0.1, 0.15) is 32.3 Å². The van der Waals surface area contributed by atoms with Crippen LogP contribution in [0.15, 0.2) is 29.2 Å². The molecule has 0 saturated heterocycles. The van der Waals surface area contributed by atoms with Crippen molar-refractivity contribution in [2.24, 2.45) is 0 Å². The highest BCUT2D eigenvalue weighted by Gasteiger charge is 2.08. The first-order valence-electron chi connectivity index (χ1n) is 5.73. The van der Waals surface area contributed by atoms with Crippen LogP contribution < -0.4 is 5.32 Å². The van der Waals surface area contributed by atoms with Crippen molar-refractivity contribution in [1.29, 1.82) is 0 Å². The zero-order chi connectivity index (χ0) is 12.0. The molecule has 0 spiro atoms. The van der Waals surface area contributed by atoms with Crippen molar-refractivity contribution in [1.82, 2.24) is 5.32 Å². The van der Waals surface area contributed by atoms with Gasteiger partial charge in [0.25, 0.3) is 0 Å². The van der Waals surface area contributed by atoms with E-state index < -0.39 is 0 Å². The number of thiol groups is 1. The van der Waals surface area contributed by atoms with Crippen molar-refractivity contribution in [3.05, 3.63) is 29.8 Å². The molecule has 88 valence electrons. The normalized spacial score (nSPS) is 10.5. The molecule has 0 aliphatic carbocycles. The van der Waals surface area contributed by atoms with E-state index in [1.165, 1.54) is 0 Å². The van der Waals surface area contributed by atoms with Gasteiger partial charge in [-0.1, -0.05) is 26.0 Å². The van der Waals surface area contributed by atoms with Crippen LogP contribution in [0.25, 0.3) is 0 Å². The smallest absolute Gasteiger partial charge is 0.224 e. The van der Waals surface area contributed by atoms with Crippen molar-refractivity contribution in [3.8, 4) is 0 Å². The van der Waals surface area contributed by atoms with E-state index in [1.807, 2.05) is 24.3 Å². The van der Waals surface area contributed by atoms with Crippen LogP contribution in [0.4, 0.5) is 0 Å². The summed E-state index contributed by atoms with van der Waals surface area (Å²) < 4.78 is 0. The van der Waals surface area contributed by atoms with E-state index in [1.54, 1.807) is 0 Å². The molecule has 0 radical (unpaired) electrons. The first kappa shape index (κ1) is 13.1. The second-order valence-electron chi connectivity index (χ2n) is 3.92. The highest BCUT2D eigenvalue weighted by atomic mass is 32.1. The number of hydrogen-bond donors (Lipinski definition) is 2. The van der Waals surface area contributed by atoms with Crippen LogP contribution in [0, 0.1) is 0 Å². The summed E-state index contributed by atoms with van der Waals surface area (Å²) in [5.74, 6) is 0.0978. The second-order valence-corrected chi connectivity index (χ2v) is 4.44. The van der Waals surface area contributed by atoms with Crippen LogP contribution in [0.2, 0.25) is 0 Å². The van der Waals surface area contributed by atoms with Crippen LogP contribution in [-0.2, 0) is 11.2 Å². The van der Waals surface area contributed by atoms with Gasteiger partial charge in [-0.3, -0.25) is 4.79 Å². The number of carbonyl (C=O) groups excluding carboxylic acids is 1. The molecule has 0 atom stereocenters. The topological polar surface area (TPSA) is 29.1 Å². The zero-order valence-corrected chi connectivity index (χ0v) is 10.8. The first-order chi connectivity index (χ1) is 7.65. The monoisotopic (exact) mass is 237 g/mol. The Kier molecular flexibility index (Phi) is 5.39. The quantitative estimate of drug-likeness (QED) is 0.758. The molecule has 0 aliphatic rings. The van der Waals surface area contributed by atoms with Crippen molar-refractivity contribution >= 4 is 18.5 Å². The van der Waals surface area contributed by atoms with Gasteiger partial charge in [0.15, 0.2) is 0 Å². The Bertz CT molecular complexity index is 330. The lowest BCUT2D eigenvalue weighted by molar-refractivity contribution is -0.121. The zero-order valence-electron chi connectivity index (χ0n) is 9.86. The maximum absolute atomic E-state index is 11.7. The molecule has 1 amide bonds. The van der Waals surface area contributed by atoms with Gasteiger partial charge in [0, 0.05) is 10.9 Å². The molecular formula is C13H19NOS. The van der Waals surface area contributed by atoms with E-state index in [0.29, 0.717) is 12.5 Å². The Balaban J connectivity index is 2.48. The predicted octanol–water partition coefficient (Wildman–Crippen LogP) is 2.82. The van der Waals surface area contributed by atoms with Gasteiger partial charge < -0.3 is 5.32 Å². The maximum atomic E-state index is 11.7. The highest BCUT2D eigenvalue weighted by molar-refractivity contribution is 7.80. The van der Waals surface area contributed by atoms with Crippen LogP contribution in [0.3, 0.4) is 0 Å². The van der Waals surface area contributed by atoms with Gasteiger partial charge in [0.05, 0.1) is 6.42 Å². The minimum Gasteiger partial charge on any atom is -0.353 e. The molecule has 0 aromatic heterocycles. The van der Waals surface area contributed by atoms with Crippen molar-refractivity contribution in [3.63, 3.8) is 0 Å². The van der Waals surface area contributed by atoms with Crippen molar-refractivity contribution in [2.75, 3.05) is 0 Å². The van der Waals surface area contributed by atoms with Crippen molar-refractivity contribution in [2.45, 2.75) is 44.0 Å². The molecule has 1 rings (SSSR count). The molecule has 1 N–H and O–H groups in total. The summed E-state index contributed by atoms with van der Waals surface area (Å²) in [6.45, 7) is 4.17. The summed E-state index contributed by atoms with van der Waals surface area (Å²) in [6.07, 6.45) is 2.42. The molecule has 1 aromatic rings. The van der Waals surface area contributed by atoms with Crippen LogP contribution >= 0.6 is 12.6 Å². The standard InChI is InChI=1S/C13H19NOS/c1-3-11(4-2)14-13(15)9-10-5-7-12(16)8-6-10/h5-8,11,16H,3-4,9H2,1-2H3,(H,14,15). The van der Waals surface area contributed by atoms with E-state index in [9.17, 15) is 4.79 Å². The fourth-order valence-corrected chi connectivity index (χ4v) is 1.72. The maximum Gasteiger partial charge on any atom is 0.224 e. The molecule has 0 bridgehead atoms. The number of benzene rings is 1. The SMILES string of the molecule is CCC(CC)NC(=O)Cc1ccc(S)cc1. The Hall–Kier alpha value is -0.960. The predicted molar refractivity (Wildman–Crippen MR) is 69.9 cm³/mol.